The van der Waals surface area contributed by atoms with E-state index in [0.29, 0.717) is 5.75 Å². The third kappa shape index (κ3) is 4.13. The number of hydrogen-bond donors (Lipinski definition) is 1. The number of nitrogens with zero attached hydrogens (tertiary/aromatic N) is 1. The van der Waals surface area contributed by atoms with E-state index in [1.54, 1.807) is 18.2 Å². The summed E-state index contributed by atoms with van der Waals surface area (Å²) >= 11 is 4.15. The van der Waals surface area contributed by atoms with Crippen molar-refractivity contribution in [2.24, 2.45) is 0 Å². The van der Waals surface area contributed by atoms with Gasteiger partial charge in [-0.05, 0) is 69.0 Å². The molecule has 1 fully saturated rings. The fourth-order valence-corrected chi connectivity index (χ4v) is 3.91. The predicted molar refractivity (Wildman–Crippen MR) is 98.7 cm³/mol. The van der Waals surface area contributed by atoms with Crippen LogP contribution in [0.25, 0.3) is 6.08 Å². The molecule has 1 saturated heterocycles. The first kappa shape index (κ1) is 18.0. The summed E-state index contributed by atoms with van der Waals surface area (Å²) in [6.45, 7) is -0.178. The molecule has 0 atom stereocenters. The minimum absolute atomic E-state index is 0.178. The van der Waals surface area contributed by atoms with Crippen molar-refractivity contribution >= 4 is 69.2 Å². The fourth-order valence-electron chi connectivity index (χ4n) is 1.78. The summed E-state index contributed by atoms with van der Waals surface area (Å²) in [5.74, 6) is -0.284. The zero-order chi connectivity index (χ0) is 17.1. The number of hydrogen-bond acceptors (Lipinski definition) is 5. The number of ether oxygens (including phenoxy) is 2. The van der Waals surface area contributed by atoms with Crippen LogP contribution < -0.4 is 10.1 Å². The Labute approximate surface area is 159 Å². The lowest BCUT2D eigenvalue weighted by atomic mass is 10.2. The lowest BCUT2D eigenvalue weighted by Crippen LogP contribution is -2.25. The highest BCUT2D eigenvalue weighted by Gasteiger charge is 2.30. The topological polar surface area (TPSA) is 84.9 Å². The Morgan fingerprint density at radius 2 is 1.91 bits per heavy atom. The van der Waals surface area contributed by atoms with E-state index in [-0.39, 0.29) is 18.2 Å². The highest BCUT2D eigenvalue weighted by atomic mass is 127. The molecule has 1 N–H and O–H groups in total. The van der Waals surface area contributed by atoms with E-state index < -0.39 is 12.0 Å². The van der Waals surface area contributed by atoms with Crippen LogP contribution in [-0.2, 0) is 14.3 Å². The van der Waals surface area contributed by atoms with Gasteiger partial charge in [0.15, 0.2) is 6.61 Å². The van der Waals surface area contributed by atoms with E-state index in [9.17, 15) is 14.4 Å². The van der Waals surface area contributed by atoms with E-state index in [1.165, 1.54) is 14.2 Å². The minimum atomic E-state index is -0.468. The number of carbonyl (C=O) groups is 3. The van der Waals surface area contributed by atoms with Gasteiger partial charge in [-0.1, -0.05) is 0 Å². The van der Waals surface area contributed by atoms with Crippen LogP contribution in [0, 0.1) is 7.14 Å². The molecule has 1 aromatic carbocycles. The Balaban J connectivity index is 2.25. The van der Waals surface area contributed by atoms with Gasteiger partial charge in [-0.15, -0.1) is 0 Å². The SMILES string of the molecule is COC(=O)COc1c(I)cc(/C=C2/NC(=O)N(C)C2=O)cc1I. The maximum absolute atomic E-state index is 11.9. The third-order valence-electron chi connectivity index (χ3n) is 2.97. The van der Waals surface area contributed by atoms with Crippen LogP contribution >= 0.6 is 45.2 Å². The highest BCUT2D eigenvalue weighted by molar-refractivity contribution is 14.1. The van der Waals surface area contributed by atoms with E-state index in [2.05, 4.69) is 55.2 Å². The van der Waals surface area contributed by atoms with Gasteiger partial charge in [0.1, 0.15) is 11.4 Å². The van der Waals surface area contributed by atoms with E-state index >= 15 is 0 Å². The number of urea groups is 1. The first-order valence-corrected chi connectivity index (χ1v) is 8.48. The van der Waals surface area contributed by atoms with Crippen LogP contribution in [0.1, 0.15) is 5.56 Å². The number of imide groups is 1. The van der Waals surface area contributed by atoms with Crippen molar-refractivity contribution in [2.75, 3.05) is 20.8 Å². The van der Waals surface area contributed by atoms with Crippen molar-refractivity contribution in [3.63, 3.8) is 0 Å². The van der Waals surface area contributed by atoms with E-state index in [4.69, 9.17) is 4.74 Å². The summed E-state index contributed by atoms with van der Waals surface area (Å²) in [7, 11) is 2.70. The van der Waals surface area contributed by atoms with Gasteiger partial charge in [0.05, 0.1) is 14.3 Å². The quantitative estimate of drug-likeness (QED) is 0.273. The van der Waals surface area contributed by atoms with E-state index in [0.717, 1.165) is 17.6 Å². The highest BCUT2D eigenvalue weighted by Crippen LogP contribution is 2.30. The second-order valence-corrected chi connectivity index (χ2v) is 6.86. The molecular weight excluding hydrogens is 530 g/mol. The molecule has 122 valence electrons. The van der Waals surface area contributed by atoms with Crippen LogP contribution in [0.4, 0.5) is 4.79 Å². The molecular formula is C14H12I2N2O5. The van der Waals surface area contributed by atoms with Crippen molar-refractivity contribution in [1.29, 1.82) is 0 Å². The number of amides is 3. The maximum Gasteiger partial charge on any atom is 0.343 e. The third-order valence-corrected chi connectivity index (χ3v) is 4.58. The standard InChI is InChI=1S/C14H12I2N2O5/c1-18-13(20)10(17-14(18)21)5-7-3-8(15)12(9(16)4-7)23-6-11(19)22-2/h3-5H,6H2,1-2H3,(H,17,21)/b10-5+. The Morgan fingerprint density at radius 1 is 1.30 bits per heavy atom. The van der Waals surface area contributed by atoms with Crippen molar-refractivity contribution in [3.8, 4) is 5.75 Å². The summed E-state index contributed by atoms with van der Waals surface area (Å²) < 4.78 is 11.5. The van der Waals surface area contributed by atoms with Crippen LogP contribution in [0.15, 0.2) is 17.8 Å². The molecule has 1 aromatic rings. The molecule has 9 heteroatoms. The molecule has 0 spiro atoms. The average molecular weight is 542 g/mol. The van der Waals surface area contributed by atoms with Gasteiger partial charge in [-0.25, -0.2) is 9.59 Å². The lowest BCUT2D eigenvalue weighted by molar-refractivity contribution is -0.143. The van der Waals surface area contributed by atoms with Gasteiger partial charge >= 0.3 is 12.0 Å². The summed E-state index contributed by atoms with van der Waals surface area (Å²) in [6.07, 6.45) is 1.60. The van der Waals surface area contributed by atoms with Gasteiger partial charge in [0, 0.05) is 7.05 Å². The maximum atomic E-state index is 11.9. The Kier molecular flexibility index (Phi) is 5.84. The molecule has 0 radical (unpaired) electrons. The zero-order valence-electron chi connectivity index (χ0n) is 12.2. The summed E-state index contributed by atoms with van der Waals surface area (Å²) in [4.78, 5) is 35.5. The molecule has 23 heavy (non-hydrogen) atoms. The molecule has 1 aliphatic rings. The second-order valence-electron chi connectivity index (χ2n) is 4.53. The first-order valence-electron chi connectivity index (χ1n) is 6.33. The molecule has 7 nitrogen and oxygen atoms in total. The van der Waals surface area contributed by atoms with E-state index in [1.807, 2.05) is 0 Å². The Bertz CT molecular complexity index is 694. The number of esters is 1. The monoisotopic (exact) mass is 542 g/mol. The molecule has 0 unspecified atom stereocenters. The molecule has 0 bridgehead atoms. The zero-order valence-corrected chi connectivity index (χ0v) is 16.5. The number of carbonyl (C=O) groups excluding carboxylic acids is 3. The number of halogens is 2. The predicted octanol–water partition coefficient (Wildman–Crippen LogP) is 1.97. The normalized spacial score (nSPS) is 15.8. The Hall–Kier alpha value is -1.37. The van der Waals surface area contributed by atoms with Gasteiger partial charge in [0.25, 0.3) is 5.91 Å². The van der Waals surface area contributed by atoms with Gasteiger partial charge < -0.3 is 14.8 Å². The molecule has 0 saturated carbocycles. The van der Waals surface area contributed by atoms with Crippen molar-refractivity contribution in [2.45, 2.75) is 0 Å². The van der Waals surface area contributed by atoms with Crippen LogP contribution in [0.3, 0.4) is 0 Å². The first-order chi connectivity index (χ1) is 10.8. The van der Waals surface area contributed by atoms with Gasteiger partial charge in [-0.3, -0.25) is 9.69 Å². The van der Waals surface area contributed by atoms with Crippen molar-refractivity contribution in [1.82, 2.24) is 10.2 Å². The molecule has 0 aliphatic carbocycles. The number of benzene rings is 1. The molecule has 2 rings (SSSR count). The van der Waals surface area contributed by atoms with Crippen LogP contribution in [-0.4, -0.2) is 43.6 Å². The van der Waals surface area contributed by atoms with Crippen LogP contribution in [0.2, 0.25) is 0 Å². The smallest absolute Gasteiger partial charge is 0.343 e. The van der Waals surface area contributed by atoms with Crippen molar-refractivity contribution < 1.29 is 23.9 Å². The molecule has 3 amide bonds. The largest absolute Gasteiger partial charge is 0.480 e. The fraction of sp³-hybridized carbons (Fsp3) is 0.214. The molecule has 0 aromatic heterocycles. The van der Waals surface area contributed by atoms with Gasteiger partial charge in [0.2, 0.25) is 0 Å². The van der Waals surface area contributed by atoms with Gasteiger partial charge in [-0.2, -0.15) is 0 Å². The lowest BCUT2D eigenvalue weighted by Gasteiger charge is -2.10. The minimum Gasteiger partial charge on any atom is -0.480 e. The summed E-state index contributed by atoms with van der Waals surface area (Å²) in [5, 5.41) is 2.50. The summed E-state index contributed by atoms with van der Waals surface area (Å²) in [5.41, 5.74) is 0.954. The number of methoxy groups -OCH3 is 1. The number of rotatable bonds is 4. The molecule has 1 heterocycles. The summed E-state index contributed by atoms with van der Waals surface area (Å²) in [6, 6.07) is 3.13. The second kappa shape index (κ2) is 7.47. The molecule has 1 aliphatic heterocycles. The van der Waals surface area contributed by atoms with Crippen LogP contribution in [0.5, 0.6) is 5.75 Å². The average Bonchev–Trinajstić information content (AvgIpc) is 2.73. The number of likely N-dealkylation sites (N-methyl/N-ethyl adjacent to an activating group) is 1. The number of nitrogens with one attached hydrogen (secondary N) is 1. The Morgan fingerprint density at radius 3 is 2.39 bits per heavy atom. The van der Waals surface area contributed by atoms with Crippen molar-refractivity contribution in [3.05, 3.63) is 30.5 Å².